The summed E-state index contributed by atoms with van der Waals surface area (Å²) in [4.78, 5) is 26.2. The molecular formula is C23H27NO4S. The Hall–Kier alpha value is -2.47. The molecule has 29 heavy (non-hydrogen) atoms. The highest BCUT2D eigenvalue weighted by molar-refractivity contribution is 8.15. The summed E-state index contributed by atoms with van der Waals surface area (Å²) in [5.74, 6) is 1.48. The van der Waals surface area contributed by atoms with Crippen molar-refractivity contribution in [3.63, 3.8) is 0 Å². The topological polar surface area (TPSA) is 55.8 Å². The van der Waals surface area contributed by atoms with Crippen molar-refractivity contribution in [1.29, 1.82) is 0 Å². The summed E-state index contributed by atoms with van der Waals surface area (Å²) in [6, 6.07) is 15.7. The van der Waals surface area contributed by atoms with Crippen molar-refractivity contribution in [2.24, 2.45) is 5.92 Å². The lowest BCUT2D eigenvalue weighted by molar-refractivity contribution is -0.127. The monoisotopic (exact) mass is 413 g/mol. The summed E-state index contributed by atoms with van der Waals surface area (Å²) in [5.41, 5.74) is 2.03. The molecule has 1 aliphatic heterocycles. The molecule has 1 heterocycles. The van der Waals surface area contributed by atoms with Crippen LogP contribution in [0.5, 0.6) is 11.5 Å². The number of hydrogen-bond donors (Lipinski definition) is 0. The second kappa shape index (κ2) is 9.83. The molecule has 2 aromatic carbocycles. The zero-order valence-corrected chi connectivity index (χ0v) is 17.9. The van der Waals surface area contributed by atoms with E-state index in [1.807, 2.05) is 69.3 Å². The van der Waals surface area contributed by atoms with Crippen molar-refractivity contribution in [3.05, 3.63) is 59.7 Å². The molecular weight excluding hydrogens is 386 g/mol. The molecule has 1 saturated heterocycles. The first-order valence-corrected chi connectivity index (χ1v) is 10.8. The van der Waals surface area contributed by atoms with Gasteiger partial charge in [-0.25, -0.2) is 0 Å². The Morgan fingerprint density at radius 2 is 1.76 bits per heavy atom. The Bertz CT molecular complexity index is 853. The number of carbonyl (C=O) groups is 2. The number of thioether (sulfide) groups is 1. The molecule has 0 N–H and O–H groups in total. The average Bonchev–Trinajstić information content (AvgIpc) is 2.95. The van der Waals surface area contributed by atoms with E-state index < -0.39 is 0 Å². The molecule has 2 amide bonds. The first-order valence-electron chi connectivity index (χ1n) is 9.92. The third kappa shape index (κ3) is 5.54. The molecule has 0 aromatic heterocycles. The van der Waals surface area contributed by atoms with E-state index >= 15 is 0 Å². The van der Waals surface area contributed by atoms with Crippen LogP contribution in [0.3, 0.4) is 0 Å². The summed E-state index contributed by atoms with van der Waals surface area (Å²) < 4.78 is 11.7. The number of nitrogens with zero attached hydrogens (tertiary/aromatic N) is 1. The summed E-state index contributed by atoms with van der Waals surface area (Å²) in [5, 5.41) is -0.534. The maximum Gasteiger partial charge on any atom is 0.289 e. The van der Waals surface area contributed by atoms with Crippen LogP contribution < -0.4 is 9.47 Å². The lowest BCUT2D eigenvalue weighted by Crippen LogP contribution is -2.35. The van der Waals surface area contributed by atoms with Gasteiger partial charge in [0.1, 0.15) is 6.61 Å². The zero-order chi connectivity index (χ0) is 20.8. The fourth-order valence-electron chi connectivity index (χ4n) is 3.17. The summed E-state index contributed by atoms with van der Waals surface area (Å²) in [6.07, 6.45) is 0.489. The van der Waals surface area contributed by atoms with E-state index in [2.05, 4.69) is 0 Å². The molecule has 1 aliphatic rings. The minimum absolute atomic E-state index is 0.101. The highest BCUT2D eigenvalue weighted by atomic mass is 32.2. The number of carbonyl (C=O) groups excluding carboxylic acids is 2. The molecule has 0 spiro atoms. The highest BCUT2D eigenvalue weighted by Gasteiger charge is 2.39. The third-order valence-corrected chi connectivity index (χ3v) is 5.59. The van der Waals surface area contributed by atoms with Crippen LogP contribution in [-0.2, 0) is 17.8 Å². The fourth-order valence-corrected chi connectivity index (χ4v) is 4.21. The molecule has 6 heteroatoms. The predicted octanol–water partition coefficient (Wildman–Crippen LogP) is 4.93. The number of ether oxygens (including phenoxy) is 2. The Balaban J connectivity index is 1.69. The summed E-state index contributed by atoms with van der Waals surface area (Å²) in [7, 11) is 0. The molecule has 0 aliphatic carbocycles. The van der Waals surface area contributed by atoms with Gasteiger partial charge in [0.05, 0.1) is 11.9 Å². The standard InChI is InChI=1S/C23H27NO4S/c1-4-27-20-12-18(10-11-19(20)28-15-17-8-6-5-7-9-17)13-21-22(25)24(14-16(2)3)23(26)29-21/h5-12,16,21H,4,13-15H2,1-3H3/t21-/m1/s1. The van der Waals surface area contributed by atoms with E-state index in [9.17, 15) is 9.59 Å². The molecule has 2 aromatic rings. The first-order chi connectivity index (χ1) is 14.0. The van der Waals surface area contributed by atoms with Crippen LogP contribution in [0.15, 0.2) is 48.5 Å². The number of imide groups is 1. The fraction of sp³-hybridized carbons (Fsp3) is 0.391. The van der Waals surface area contributed by atoms with Crippen LogP contribution in [0, 0.1) is 5.92 Å². The summed E-state index contributed by atoms with van der Waals surface area (Å²) in [6.45, 7) is 7.37. The van der Waals surface area contributed by atoms with Gasteiger partial charge in [-0.3, -0.25) is 14.5 Å². The van der Waals surface area contributed by atoms with Crippen LogP contribution in [0.1, 0.15) is 31.9 Å². The molecule has 0 bridgehead atoms. The van der Waals surface area contributed by atoms with Crippen LogP contribution in [-0.4, -0.2) is 34.4 Å². The van der Waals surface area contributed by atoms with E-state index in [0.717, 1.165) is 22.9 Å². The van der Waals surface area contributed by atoms with E-state index in [1.165, 1.54) is 4.90 Å². The van der Waals surface area contributed by atoms with Gasteiger partial charge in [-0.15, -0.1) is 0 Å². The van der Waals surface area contributed by atoms with Gasteiger partial charge in [0.2, 0.25) is 5.91 Å². The van der Waals surface area contributed by atoms with E-state index in [-0.39, 0.29) is 22.3 Å². The Labute approximate surface area is 176 Å². The van der Waals surface area contributed by atoms with E-state index in [1.54, 1.807) is 0 Å². The van der Waals surface area contributed by atoms with Crippen molar-refractivity contribution < 1.29 is 19.1 Å². The molecule has 1 atom stereocenters. The maximum absolute atomic E-state index is 12.6. The van der Waals surface area contributed by atoms with Crippen LogP contribution in [0.2, 0.25) is 0 Å². The predicted molar refractivity (Wildman–Crippen MR) is 115 cm³/mol. The molecule has 0 unspecified atom stereocenters. The van der Waals surface area contributed by atoms with Crippen LogP contribution in [0.25, 0.3) is 0 Å². The lowest BCUT2D eigenvalue weighted by Gasteiger charge is -2.16. The lowest BCUT2D eigenvalue weighted by atomic mass is 10.1. The van der Waals surface area contributed by atoms with E-state index in [4.69, 9.17) is 9.47 Å². The molecule has 0 radical (unpaired) electrons. The van der Waals surface area contributed by atoms with Gasteiger partial charge in [-0.2, -0.15) is 0 Å². The zero-order valence-electron chi connectivity index (χ0n) is 17.1. The van der Waals surface area contributed by atoms with E-state index in [0.29, 0.717) is 37.7 Å². The maximum atomic E-state index is 12.6. The van der Waals surface area contributed by atoms with Gasteiger partial charge in [0, 0.05) is 6.54 Å². The number of rotatable bonds is 9. The molecule has 0 saturated carbocycles. The Morgan fingerprint density at radius 1 is 1.00 bits per heavy atom. The first kappa shape index (κ1) is 21.2. The van der Waals surface area contributed by atoms with Gasteiger partial charge in [-0.1, -0.05) is 62.0 Å². The molecule has 1 fully saturated rings. The van der Waals surface area contributed by atoms with Crippen molar-refractivity contribution >= 4 is 22.9 Å². The number of amides is 2. The summed E-state index contributed by atoms with van der Waals surface area (Å²) >= 11 is 1.11. The minimum Gasteiger partial charge on any atom is -0.490 e. The SMILES string of the molecule is CCOc1cc(C[C@H]2SC(=O)N(CC(C)C)C2=O)ccc1OCc1ccccc1. The normalized spacial score (nSPS) is 16.6. The third-order valence-electron chi connectivity index (χ3n) is 4.52. The second-order valence-corrected chi connectivity index (χ2v) is 8.56. The Kier molecular flexibility index (Phi) is 7.20. The minimum atomic E-state index is -0.383. The Morgan fingerprint density at radius 3 is 2.45 bits per heavy atom. The number of benzene rings is 2. The average molecular weight is 414 g/mol. The van der Waals surface area contributed by atoms with Crippen LogP contribution in [0.4, 0.5) is 4.79 Å². The molecule has 5 nitrogen and oxygen atoms in total. The largest absolute Gasteiger partial charge is 0.490 e. The molecule has 154 valence electrons. The van der Waals surface area contributed by atoms with Gasteiger partial charge in [0.25, 0.3) is 5.24 Å². The highest BCUT2D eigenvalue weighted by Crippen LogP contribution is 2.34. The van der Waals surface area contributed by atoms with Crippen molar-refractivity contribution in [2.45, 2.75) is 39.0 Å². The van der Waals surface area contributed by atoms with Gasteiger partial charge in [-0.05, 0) is 42.5 Å². The molecule has 3 rings (SSSR count). The van der Waals surface area contributed by atoms with Crippen molar-refractivity contribution in [2.75, 3.05) is 13.2 Å². The van der Waals surface area contributed by atoms with Crippen LogP contribution >= 0.6 is 11.8 Å². The number of hydrogen-bond acceptors (Lipinski definition) is 5. The smallest absolute Gasteiger partial charge is 0.289 e. The van der Waals surface area contributed by atoms with Gasteiger partial charge in [0.15, 0.2) is 11.5 Å². The quantitative estimate of drug-likeness (QED) is 0.584. The van der Waals surface area contributed by atoms with Crippen molar-refractivity contribution in [3.8, 4) is 11.5 Å². The van der Waals surface area contributed by atoms with Crippen molar-refractivity contribution in [1.82, 2.24) is 4.90 Å². The van der Waals surface area contributed by atoms with Gasteiger partial charge >= 0.3 is 0 Å². The van der Waals surface area contributed by atoms with Gasteiger partial charge < -0.3 is 9.47 Å². The second-order valence-electron chi connectivity index (χ2n) is 7.41.